The molecular weight excluding hydrogens is 1300 g/mol. The molecule has 0 saturated heterocycles. The summed E-state index contributed by atoms with van der Waals surface area (Å²) in [4.78, 5) is 80.9. The number of likely N-dealkylation sites (N-methyl/N-ethyl adjacent to an activating group) is 3. The van der Waals surface area contributed by atoms with Gasteiger partial charge in [-0.1, -0.05) is 85.2 Å². The lowest BCUT2D eigenvalue weighted by atomic mass is 10.1. The summed E-state index contributed by atoms with van der Waals surface area (Å²) in [6.45, 7) is 4.29. The Morgan fingerprint density at radius 3 is 1.32 bits per heavy atom. The van der Waals surface area contributed by atoms with E-state index in [-0.39, 0.29) is 124 Å². The molecular formula is C76H95N7O16S. The highest BCUT2D eigenvalue weighted by Gasteiger charge is 2.38. The van der Waals surface area contributed by atoms with Crippen molar-refractivity contribution in [3.05, 3.63) is 189 Å². The number of nitrogens with zero attached hydrogens (tertiary/aromatic N) is 7. The lowest BCUT2D eigenvalue weighted by Crippen LogP contribution is -2.37. The molecule has 2 amide bonds. The molecule has 2 N–H and O–H groups in total. The minimum atomic E-state index is -3.49. The van der Waals surface area contributed by atoms with Crippen molar-refractivity contribution < 1.29 is 75.2 Å². The van der Waals surface area contributed by atoms with Gasteiger partial charge in [0, 0.05) is 87.0 Å². The maximum atomic E-state index is 13.9. The van der Waals surface area contributed by atoms with Crippen molar-refractivity contribution in [3.63, 3.8) is 0 Å². The molecule has 0 bridgehead atoms. The molecule has 0 unspecified atom stereocenters. The smallest absolute Gasteiger partial charge is 0.325 e. The lowest BCUT2D eigenvalue weighted by molar-refractivity contribution is -0.139. The van der Waals surface area contributed by atoms with Gasteiger partial charge in [0.2, 0.25) is 0 Å². The predicted octanol–water partition coefficient (Wildman–Crippen LogP) is 11.5. The van der Waals surface area contributed by atoms with Crippen molar-refractivity contribution in [2.75, 3.05) is 100.0 Å². The molecule has 4 aliphatic heterocycles. The van der Waals surface area contributed by atoms with E-state index in [0.717, 1.165) is 86.5 Å². The predicted molar refractivity (Wildman–Crippen MR) is 394 cm³/mol. The van der Waals surface area contributed by atoms with Crippen molar-refractivity contribution in [2.45, 2.75) is 108 Å². The van der Waals surface area contributed by atoms with Gasteiger partial charge in [0.25, 0.3) is 21.9 Å². The molecule has 4 heterocycles. The number of anilines is 5. The van der Waals surface area contributed by atoms with Crippen molar-refractivity contribution in [1.29, 1.82) is 0 Å². The van der Waals surface area contributed by atoms with Gasteiger partial charge >= 0.3 is 17.9 Å². The number of carbonyl (C=O) groups is 5. The summed E-state index contributed by atoms with van der Waals surface area (Å²) < 4.78 is 59.7. The van der Waals surface area contributed by atoms with E-state index in [1.54, 1.807) is 77.2 Å². The zero-order chi connectivity index (χ0) is 69.0. The largest absolute Gasteiger partial charge is 0.493 e. The maximum absolute atomic E-state index is 13.9. The van der Waals surface area contributed by atoms with Gasteiger partial charge < -0.3 is 53.3 Å². The molecule has 0 saturated carbocycles. The summed E-state index contributed by atoms with van der Waals surface area (Å²) in [5.74, 6) is 0.146. The average Bonchev–Trinajstić information content (AvgIpc) is 1.62. The number of esters is 3. The Balaban J connectivity index is 0.000000354. The van der Waals surface area contributed by atoms with Gasteiger partial charge in [-0.05, 0) is 130 Å². The number of hydrogen-bond acceptors (Lipinski definition) is 21. The third kappa shape index (κ3) is 19.6. The number of rotatable bonds is 22. The van der Waals surface area contributed by atoms with E-state index in [1.807, 2.05) is 123 Å². The van der Waals surface area contributed by atoms with Crippen LogP contribution in [0, 0.1) is 6.92 Å². The van der Waals surface area contributed by atoms with Gasteiger partial charge in [0.05, 0.1) is 89.1 Å². The molecule has 23 nitrogen and oxygen atoms in total. The summed E-state index contributed by atoms with van der Waals surface area (Å²) in [6, 6.07) is 39.4. The Bertz CT molecular complexity index is 4210. The monoisotopic (exact) mass is 1390 g/mol. The standard InChI is InChI=1S/C46H41N5O7.C14H21NO5S.C12H17NO4.4CH4/c1-27-13-35-37(47-22-33-17-30-9-5-7-11-39(30)50(33)45(35)53)20-41(27)57-25-28-14-29(16-32(15-28)49(2)24-44(52)56-4)26-58-43-21-38-36(19-42(43)55-3)46(54)51-34(23-48-38)18-31-10-6-8-12-40(31)51;1-5-11-6-12(10-20-21(4,17)18)8-13(7-11)15(2)9-14(16)19-3;1-13(6-12(16)17-2)11-4-9(7-14)3-10(5-11)8-15;;;;/h5-16,19-23,33-34H,17-18,24-26H2,1-4H3;6-8H,5,9-10H2,1-4H3;3-5,14-15H,6-8H2,1-2H3;4*1H4/t33-,34-;;;;;;/m0....../s1. The Kier molecular flexibility index (Phi) is 29.1. The number of aryl methyl sites for hydroxylation is 2. The van der Waals surface area contributed by atoms with Crippen LogP contribution < -0.4 is 38.7 Å². The van der Waals surface area contributed by atoms with Gasteiger partial charge in [-0.3, -0.25) is 47.9 Å². The van der Waals surface area contributed by atoms with Crippen LogP contribution in [-0.4, -0.2) is 148 Å². The quantitative estimate of drug-likeness (QED) is 0.0363. The second kappa shape index (κ2) is 36.1. The van der Waals surface area contributed by atoms with Gasteiger partial charge in [0.1, 0.15) is 38.6 Å². The average molecular weight is 1390 g/mol. The van der Waals surface area contributed by atoms with Gasteiger partial charge in [0.15, 0.2) is 11.5 Å². The number of fused-ring (bicyclic) bond motifs is 8. The van der Waals surface area contributed by atoms with Crippen molar-refractivity contribution in [2.24, 2.45) is 9.98 Å². The summed E-state index contributed by atoms with van der Waals surface area (Å²) in [6.07, 6.45) is 6.90. The Morgan fingerprint density at radius 1 is 0.520 bits per heavy atom. The first-order chi connectivity index (χ1) is 46.0. The number of amides is 2. The molecule has 7 aromatic carbocycles. The molecule has 0 aromatic heterocycles. The van der Waals surface area contributed by atoms with Crippen LogP contribution in [0.15, 0.2) is 137 Å². The third-order valence-electron chi connectivity index (χ3n) is 16.5. The van der Waals surface area contributed by atoms with Crippen molar-refractivity contribution in [1.82, 2.24) is 0 Å². The molecule has 0 fully saturated rings. The Morgan fingerprint density at radius 2 is 0.900 bits per heavy atom. The van der Waals surface area contributed by atoms with E-state index in [0.29, 0.717) is 57.3 Å². The molecule has 0 aliphatic carbocycles. The summed E-state index contributed by atoms with van der Waals surface area (Å²) >= 11 is 0. The molecule has 2 atom stereocenters. The maximum Gasteiger partial charge on any atom is 0.325 e. The molecule has 0 radical (unpaired) electrons. The Labute approximate surface area is 588 Å². The number of aliphatic hydroxyl groups excluding tert-OH is 2. The van der Waals surface area contributed by atoms with E-state index < -0.39 is 10.1 Å². The first-order valence-corrected chi connectivity index (χ1v) is 32.7. The summed E-state index contributed by atoms with van der Waals surface area (Å²) in [5.41, 5.74) is 14.0. The van der Waals surface area contributed by atoms with E-state index in [2.05, 4.69) is 15.5 Å². The van der Waals surface area contributed by atoms with E-state index >= 15 is 0 Å². The first-order valence-electron chi connectivity index (χ1n) is 30.9. The lowest BCUT2D eigenvalue weighted by Gasteiger charge is -2.22. The highest BCUT2D eigenvalue weighted by Crippen LogP contribution is 2.43. The molecule has 7 aromatic rings. The molecule has 11 rings (SSSR count). The molecule has 536 valence electrons. The number of ether oxygens (including phenoxy) is 6. The number of methoxy groups -OCH3 is 4. The van der Waals surface area contributed by atoms with Crippen LogP contribution in [0.2, 0.25) is 0 Å². The second-order valence-electron chi connectivity index (χ2n) is 23.4. The van der Waals surface area contributed by atoms with E-state index in [4.69, 9.17) is 43.3 Å². The second-order valence-corrected chi connectivity index (χ2v) is 25.0. The van der Waals surface area contributed by atoms with E-state index in [9.17, 15) is 32.4 Å². The number of para-hydroxylation sites is 2. The van der Waals surface area contributed by atoms with Gasteiger partial charge in [-0.2, -0.15) is 8.42 Å². The van der Waals surface area contributed by atoms with Crippen LogP contribution in [0.3, 0.4) is 0 Å². The minimum absolute atomic E-state index is 0. The van der Waals surface area contributed by atoms with Crippen molar-refractivity contribution in [3.8, 4) is 17.2 Å². The van der Waals surface area contributed by atoms with Gasteiger partial charge in [-0.25, -0.2) is 0 Å². The topological polar surface area (TPSA) is 265 Å². The SMILES string of the molecule is C.C.C.C.CCc1cc(COS(C)(=O)=O)cc(N(C)CC(=O)OC)c1.COC(=O)CN(C)c1cc(CO)cc(CO)c1.COC(=O)CN(C)c1cc(COc2cc3c(cc2C)C(=O)N2c4ccccc4C[C@H]2C=N3)cc(COc2cc3c(cc2OC)C(=O)N2c4ccccc4C[C@H]2C=N3)c1. The first kappa shape index (κ1) is 80.5. The molecule has 0 spiro atoms. The van der Waals surface area contributed by atoms with Crippen LogP contribution in [0.25, 0.3) is 0 Å². The number of hydrogen-bond donors (Lipinski definition) is 2. The number of aliphatic hydroxyl groups is 2. The molecule has 4 aliphatic rings. The zero-order valence-electron chi connectivity index (χ0n) is 55.4. The van der Waals surface area contributed by atoms with Crippen LogP contribution in [0.1, 0.15) is 107 Å². The summed E-state index contributed by atoms with van der Waals surface area (Å²) in [5, 5.41) is 18.2. The number of aliphatic imine (C=N–C) groups is 2. The molecule has 24 heteroatoms. The van der Waals surface area contributed by atoms with E-state index in [1.165, 1.54) is 21.3 Å². The number of benzene rings is 7. The van der Waals surface area contributed by atoms with Gasteiger partial charge in [-0.15, -0.1) is 0 Å². The van der Waals surface area contributed by atoms with Crippen LogP contribution in [0.5, 0.6) is 17.2 Å². The summed E-state index contributed by atoms with van der Waals surface area (Å²) in [7, 11) is 7.41. The zero-order valence-corrected chi connectivity index (χ0v) is 56.2. The van der Waals surface area contributed by atoms with Crippen LogP contribution >= 0.6 is 0 Å². The highest BCUT2D eigenvalue weighted by molar-refractivity contribution is 7.85. The van der Waals surface area contributed by atoms with Crippen molar-refractivity contribution >= 4 is 92.1 Å². The Hall–Kier alpha value is -10.1. The number of carbonyl (C=O) groups excluding carboxylic acids is 5. The molecule has 100 heavy (non-hydrogen) atoms. The fraction of sp³-hybridized carbons (Fsp3) is 0.355. The van der Waals surface area contributed by atoms with Crippen LogP contribution in [-0.2, 0) is 95.2 Å². The van der Waals surface area contributed by atoms with Crippen LogP contribution in [0.4, 0.5) is 39.8 Å². The fourth-order valence-electron chi connectivity index (χ4n) is 11.5. The minimum Gasteiger partial charge on any atom is -0.493 e. The third-order valence-corrected chi connectivity index (χ3v) is 17.0. The highest BCUT2D eigenvalue weighted by atomic mass is 32.2. The normalized spacial score (nSPS) is 13.9. The fourth-order valence-corrected chi connectivity index (χ4v) is 11.8.